The van der Waals surface area contributed by atoms with Crippen molar-refractivity contribution in [1.82, 2.24) is 5.32 Å². The number of esters is 1. The largest absolute Gasteiger partial charge is 0.508 e. The maximum absolute atomic E-state index is 12.0. The van der Waals surface area contributed by atoms with Crippen LogP contribution in [0.4, 0.5) is 0 Å². The zero-order valence-corrected chi connectivity index (χ0v) is 16.6. The first kappa shape index (κ1) is 20.5. The van der Waals surface area contributed by atoms with Crippen molar-refractivity contribution in [3.8, 4) is 5.75 Å². The molecule has 1 amide bonds. The first-order valence-electron chi connectivity index (χ1n) is 9.62. The molecule has 0 aliphatic heterocycles. The average Bonchev–Trinajstić information content (AvgIpc) is 3.08. The Morgan fingerprint density at radius 3 is 2.62 bits per heavy atom. The van der Waals surface area contributed by atoms with E-state index in [1.165, 1.54) is 24.0 Å². The van der Waals surface area contributed by atoms with Crippen LogP contribution in [-0.4, -0.2) is 30.1 Å². The lowest BCUT2D eigenvalue weighted by atomic mass is 10.0. The van der Waals surface area contributed by atoms with Crippen molar-refractivity contribution in [2.45, 2.75) is 32.6 Å². The molecule has 0 bridgehead atoms. The summed E-state index contributed by atoms with van der Waals surface area (Å²) in [6.07, 6.45) is 2.16. The zero-order chi connectivity index (χ0) is 20.8. The molecule has 152 valence electrons. The summed E-state index contributed by atoms with van der Waals surface area (Å²) in [6.45, 7) is 4.46. The van der Waals surface area contributed by atoms with Gasteiger partial charge >= 0.3 is 5.97 Å². The van der Waals surface area contributed by atoms with E-state index < -0.39 is 5.97 Å². The molecule has 29 heavy (non-hydrogen) atoms. The van der Waals surface area contributed by atoms with E-state index in [1.54, 1.807) is 6.07 Å². The lowest BCUT2D eigenvalue weighted by molar-refractivity contribution is -0.147. The third kappa shape index (κ3) is 5.60. The van der Waals surface area contributed by atoms with Crippen LogP contribution in [0, 0.1) is 0 Å². The second-order valence-electron chi connectivity index (χ2n) is 7.28. The minimum absolute atomic E-state index is 0.00669. The summed E-state index contributed by atoms with van der Waals surface area (Å²) in [5, 5.41) is 12.9. The van der Waals surface area contributed by atoms with Crippen LogP contribution in [0.15, 0.2) is 53.1 Å². The fourth-order valence-corrected chi connectivity index (χ4v) is 3.03. The van der Waals surface area contributed by atoms with Crippen LogP contribution < -0.4 is 5.32 Å². The van der Waals surface area contributed by atoms with Crippen molar-refractivity contribution in [3.05, 3.63) is 65.4 Å². The van der Waals surface area contributed by atoms with Crippen molar-refractivity contribution in [2.24, 2.45) is 0 Å². The van der Waals surface area contributed by atoms with E-state index in [-0.39, 0.29) is 24.7 Å². The van der Waals surface area contributed by atoms with Crippen LogP contribution in [0.2, 0.25) is 0 Å². The zero-order valence-electron chi connectivity index (χ0n) is 16.6. The van der Waals surface area contributed by atoms with Gasteiger partial charge in [-0.15, -0.1) is 0 Å². The molecule has 6 nitrogen and oxygen atoms in total. The smallest absolute Gasteiger partial charge is 0.310 e. The molecular formula is C23H25NO5. The third-order valence-corrected chi connectivity index (χ3v) is 4.72. The van der Waals surface area contributed by atoms with Crippen LogP contribution in [-0.2, 0) is 27.2 Å². The second kappa shape index (κ2) is 9.28. The Morgan fingerprint density at radius 2 is 1.90 bits per heavy atom. The van der Waals surface area contributed by atoms with Crippen LogP contribution in [0.25, 0.3) is 11.0 Å². The molecule has 2 aromatic carbocycles. The number of carbonyl (C=O) groups excluding carboxylic acids is 2. The number of phenolic OH excluding ortho intramolecular Hbond substituents is 1. The van der Waals surface area contributed by atoms with Crippen molar-refractivity contribution >= 4 is 22.8 Å². The molecule has 1 heterocycles. The van der Waals surface area contributed by atoms with Gasteiger partial charge in [-0.05, 0) is 35.6 Å². The molecule has 1 aromatic heterocycles. The molecule has 0 spiro atoms. The molecule has 0 atom stereocenters. The van der Waals surface area contributed by atoms with E-state index >= 15 is 0 Å². The van der Waals surface area contributed by atoms with E-state index in [9.17, 15) is 14.7 Å². The van der Waals surface area contributed by atoms with Gasteiger partial charge in [0.25, 0.3) is 5.91 Å². The SMILES string of the molecule is CC(C)c1ccc(CCNC(=O)COC(=O)Cc2coc3cc(O)ccc23)cc1. The summed E-state index contributed by atoms with van der Waals surface area (Å²) in [5.41, 5.74) is 3.57. The van der Waals surface area contributed by atoms with E-state index in [4.69, 9.17) is 9.15 Å². The number of benzene rings is 2. The first-order chi connectivity index (χ1) is 13.9. The predicted octanol–water partition coefficient (Wildman–Crippen LogP) is 3.71. The van der Waals surface area contributed by atoms with E-state index in [2.05, 4.69) is 43.4 Å². The topological polar surface area (TPSA) is 88.8 Å². The highest BCUT2D eigenvalue weighted by molar-refractivity contribution is 5.87. The fraction of sp³-hybridized carbons (Fsp3) is 0.304. The summed E-state index contributed by atoms with van der Waals surface area (Å²) >= 11 is 0. The molecule has 0 saturated carbocycles. The Balaban J connectivity index is 1.40. The summed E-state index contributed by atoms with van der Waals surface area (Å²) in [6, 6.07) is 13.0. The van der Waals surface area contributed by atoms with Gasteiger partial charge < -0.3 is 19.6 Å². The van der Waals surface area contributed by atoms with Gasteiger partial charge in [0.15, 0.2) is 6.61 Å². The molecule has 0 aliphatic rings. The summed E-state index contributed by atoms with van der Waals surface area (Å²) in [5.74, 6) is -0.265. The second-order valence-corrected chi connectivity index (χ2v) is 7.28. The van der Waals surface area contributed by atoms with Crippen LogP contribution in [0.1, 0.15) is 36.5 Å². The molecule has 3 aromatic rings. The van der Waals surface area contributed by atoms with Gasteiger partial charge in [-0.3, -0.25) is 9.59 Å². The number of rotatable bonds is 8. The maximum atomic E-state index is 12.0. The maximum Gasteiger partial charge on any atom is 0.310 e. The lowest BCUT2D eigenvalue weighted by Gasteiger charge is -2.08. The van der Waals surface area contributed by atoms with Crippen molar-refractivity contribution < 1.29 is 23.8 Å². The third-order valence-electron chi connectivity index (χ3n) is 4.72. The van der Waals surface area contributed by atoms with Crippen LogP contribution in [0.3, 0.4) is 0 Å². The molecule has 0 radical (unpaired) electrons. The number of furan rings is 1. The number of fused-ring (bicyclic) bond motifs is 1. The number of nitrogens with one attached hydrogen (secondary N) is 1. The number of carbonyl (C=O) groups is 2. The van der Waals surface area contributed by atoms with Gasteiger partial charge in [-0.25, -0.2) is 0 Å². The highest BCUT2D eigenvalue weighted by atomic mass is 16.5. The number of amides is 1. The Bertz CT molecular complexity index is 988. The summed E-state index contributed by atoms with van der Waals surface area (Å²) in [4.78, 5) is 23.9. The molecule has 0 fully saturated rings. The number of aromatic hydroxyl groups is 1. The highest BCUT2D eigenvalue weighted by Gasteiger charge is 2.13. The first-order valence-corrected chi connectivity index (χ1v) is 9.62. The van der Waals surface area contributed by atoms with Gasteiger partial charge in [0.05, 0.1) is 12.7 Å². The Kier molecular flexibility index (Phi) is 6.54. The van der Waals surface area contributed by atoms with Crippen molar-refractivity contribution in [2.75, 3.05) is 13.2 Å². The molecule has 0 unspecified atom stereocenters. The predicted molar refractivity (Wildman–Crippen MR) is 110 cm³/mol. The summed E-state index contributed by atoms with van der Waals surface area (Å²) in [7, 11) is 0. The van der Waals surface area contributed by atoms with Gasteiger partial charge in [0.1, 0.15) is 11.3 Å². The lowest BCUT2D eigenvalue weighted by Crippen LogP contribution is -2.30. The van der Waals surface area contributed by atoms with E-state index in [1.807, 2.05) is 0 Å². The van der Waals surface area contributed by atoms with Gasteiger partial charge in [-0.2, -0.15) is 0 Å². The van der Waals surface area contributed by atoms with Crippen molar-refractivity contribution in [3.63, 3.8) is 0 Å². The minimum Gasteiger partial charge on any atom is -0.508 e. The van der Waals surface area contributed by atoms with E-state index in [0.29, 0.717) is 30.0 Å². The van der Waals surface area contributed by atoms with Gasteiger partial charge in [-0.1, -0.05) is 38.1 Å². The number of hydrogen-bond donors (Lipinski definition) is 2. The molecular weight excluding hydrogens is 370 g/mol. The monoisotopic (exact) mass is 395 g/mol. The molecule has 6 heteroatoms. The number of phenols is 1. The van der Waals surface area contributed by atoms with Gasteiger partial charge in [0.2, 0.25) is 0 Å². The molecule has 0 saturated heterocycles. The van der Waals surface area contributed by atoms with Gasteiger partial charge in [0, 0.05) is 23.6 Å². The Hall–Kier alpha value is -3.28. The quantitative estimate of drug-likeness (QED) is 0.568. The number of hydrogen-bond acceptors (Lipinski definition) is 5. The minimum atomic E-state index is -0.514. The number of ether oxygens (including phenoxy) is 1. The standard InChI is InChI=1S/C23H25NO5/c1-15(2)17-5-3-16(4-6-17)9-10-24-22(26)14-29-23(27)11-18-13-28-21-12-19(25)7-8-20(18)21/h3-8,12-13,15,25H,9-11,14H2,1-2H3,(H,24,26). The molecule has 2 N–H and O–H groups in total. The highest BCUT2D eigenvalue weighted by Crippen LogP contribution is 2.25. The molecule has 3 rings (SSSR count). The van der Waals surface area contributed by atoms with E-state index in [0.717, 1.165) is 10.9 Å². The fourth-order valence-electron chi connectivity index (χ4n) is 3.03. The Labute approximate surface area is 169 Å². The normalized spacial score (nSPS) is 11.0. The summed E-state index contributed by atoms with van der Waals surface area (Å²) < 4.78 is 10.4. The van der Waals surface area contributed by atoms with Crippen molar-refractivity contribution in [1.29, 1.82) is 0 Å². The van der Waals surface area contributed by atoms with Crippen LogP contribution >= 0.6 is 0 Å². The molecule has 0 aliphatic carbocycles. The average molecular weight is 395 g/mol. The van der Waals surface area contributed by atoms with Crippen LogP contribution in [0.5, 0.6) is 5.75 Å². The Morgan fingerprint density at radius 1 is 1.14 bits per heavy atom.